The number of hydrogen-bond donors (Lipinski definition) is 2. The van der Waals surface area contributed by atoms with Gasteiger partial charge in [-0.15, -0.1) is 0 Å². The Bertz CT molecular complexity index is 622. The van der Waals surface area contributed by atoms with E-state index in [2.05, 4.69) is 10.6 Å². The first-order valence-electron chi connectivity index (χ1n) is 11.0. The van der Waals surface area contributed by atoms with Gasteiger partial charge >= 0.3 is 24.1 Å². The van der Waals surface area contributed by atoms with E-state index < -0.39 is 23.4 Å². The van der Waals surface area contributed by atoms with Crippen molar-refractivity contribution < 1.29 is 38.1 Å². The van der Waals surface area contributed by atoms with Gasteiger partial charge in [-0.1, -0.05) is 0 Å². The van der Waals surface area contributed by atoms with Crippen LogP contribution in [0, 0.1) is 11.8 Å². The van der Waals surface area contributed by atoms with Crippen LogP contribution < -0.4 is 10.6 Å². The fraction of sp³-hybridized carbons (Fsp3) is 0.818. The number of esters is 2. The molecule has 2 aliphatic carbocycles. The van der Waals surface area contributed by atoms with Crippen LogP contribution in [-0.4, -0.2) is 60.6 Å². The number of rotatable bonds is 6. The Hall–Kier alpha value is -2.52. The van der Waals surface area contributed by atoms with Crippen LogP contribution in [0.5, 0.6) is 0 Å². The van der Waals surface area contributed by atoms with E-state index in [9.17, 15) is 19.2 Å². The molecule has 2 saturated carbocycles. The monoisotopic (exact) mass is 458 g/mol. The molecule has 2 aliphatic rings. The van der Waals surface area contributed by atoms with Gasteiger partial charge in [0.05, 0.1) is 25.0 Å². The fourth-order valence-corrected chi connectivity index (χ4v) is 2.65. The summed E-state index contributed by atoms with van der Waals surface area (Å²) in [5.74, 6) is -0.896. The van der Waals surface area contributed by atoms with Crippen LogP contribution in [0.3, 0.4) is 0 Å². The number of carbonyl (C=O) groups is 4. The van der Waals surface area contributed by atoms with Crippen LogP contribution in [0.25, 0.3) is 0 Å². The van der Waals surface area contributed by atoms with Crippen molar-refractivity contribution in [3.63, 3.8) is 0 Å². The lowest BCUT2D eigenvalue weighted by Gasteiger charge is -2.19. The van der Waals surface area contributed by atoms with Gasteiger partial charge < -0.3 is 29.6 Å². The van der Waals surface area contributed by atoms with E-state index in [0.29, 0.717) is 26.1 Å². The van der Waals surface area contributed by atoms with Gasteiger partial charge in [0.1, 0.15) is 11.2 Å². The topological polar surface area (TPSA) is 129 Å². The second-order valence-corrected chi connectivity index (χ2v) is 9.69. The van der Waals surface area contributed by atoms with Crippen molar-refractivity contribution in [2.24, 2.45) is 11.8 Å². The Labute approximate surface area is 190 Å². The standard InChI is InChI=1S/2C11H19NO4/c2*1-5-15-9(13)7-6-8(7)12-10(14)16-11(2,3)4/h2*7-8H,5-6H2,1-4H3,(H,12,14)/t2*7-,8-/m10/s1. The highest BCUT2D eigenvalue weighted by Crippen LogP contribution is 2.32. The van der Waals surface area contributed by atoms with E-state index in [1.807, 2.05) is 0 Å². The zero-order chi connectivity index (χ0) is 24.7. The number of alkyl carbamates (subject to hydrolysis) is 2. The smallest absolute Gasteiger partial charge is 0.407 e. The molecule has 32 heavy (non-hydrogen) atoms. The third kappa shape index (κ3) is 11.2. The molecule has 4 atom stereocenters. The van der Waals surface area contributed by atoms with Gasteiger partial charge in [0, 0.05) is 12.1 Å². The van der Waals surface area contributed by atoms with Crippen LogP contribution in [-0.2, 0) is 28.5 Å². The summed E-state index contributed by atoms with van der Waals surface area (Å²) in [5.41, 5.74) is -1.03. The molecule has 2 amide bonds. The molecule has 0 bridgehead atoms. The van der Waals surface area contributed by atoms with Crippen molar-refractivity contribution in [2.75, 3.05) is 13.2 Å². The summed E-state index contributed by atoms with van der Waals surface area (Å²) < 4.78 is 19.8. The summed E-state index contributed by atoms with van der Waals surface area (Å²) in [6.07, 6.45) is 0.310. The first-order chi connectivity index (χ1) is 14.7. The highest BCUT2D eigenvalue weighted by Gasteiger charge is 2.46. The van der Waals surface area contributed by atoms with Crippen molar-refractivity contribution in [1.82, 2.24) is 10.6 Å². The van der Waals surface area contributed by atoms with Crippen LogP contribution in [0.15, 0.2) is 0 Å². The normalized spacial score (nSPS) is 23.5. The molecule has 2 rings (SSSR count). The third-order valence-electron chi connectivity index (χ3n) is 4.16. The van der Waals surface area contributed by atoms with Gasteiger partial charge in [0.2, 0.25) is 0 Å². The van der Waals surface area contributed by atoms with E-state index in [1.165, 1.54) is 0 Å². The van der Waals surface area contributed by atoms with Crippen LogP contribution >= 0.6 is 0 Å². The number of nitrogens with one attached hydrogen (secondary N) is 2. The molecular weight excluding hydrogens is 420 g/mol. The van der Waals surface area contributed by atoms with E-state index >= 15 is 0 Å². The average molecular weight is 459 g/mol. The quantitative estimate of drug-likeness (QED) is 0.459. The van der Waals surface area contributed by atoms with E-state index in [4.69, 9.17) is 18.9 Å². The van der Waals surface area contributed by atoms with Crippen LogP contribution in [0.4, 0.5) is 9.59 Å². The minimum atomic E-state index is -0.515. The minimum absolute atomic E-state index is 0.131. The van der Waals surface area contributed by atoms with Gasteiger partial charge in [-0.25, -0.2) is 9.59 Å². The Morgan fingerprint density at radius 3 is 1.25 bits per heavy atom. The van der Waals surface area contributed by atoms with Crippen molar-refractivity contribution in [3.8, 4) is 0 Å². The molecule has 0 aromatic carbocycles. The zero-order valence-corrected chi connectivity index (χ0v) is 20.4. The third-order valence-corrected chi connectivity index (χ3v) is 4.16. The summed E-state index contributed by atoms with van der Waals surface area (Å²) in [7, 11) is 0. The van der Waals surface area contributed by atoms with E-state index in [-0.39, 0.29) is 35.9 Å². The van der Waals surface area contributed by atoms with Crippen molar-refractivity contribution in [3.05, 3.63) is 0 Å². The molecule has 0 aliphatic heterocycles. The molecule has 0 unspecified atom stereocenters. The molecule has 0 aromatic heterocycles. The van der Waals surface area contributed by atoms with Crippen LogP contribution in [0.2, 0.25) is 0 Å². The second-order valence-electron chi connectivity index (χ2n) is 9.69. The second kappa shape index (κ2) is 11.4. The molecule has 2 N–H and O–H groups in total. The van der Waals surface area contributed by atoms with Gasteiger partial charge in [0.15, 0.2) is 0 Å². The number of carbonyl (C=O) groups excluding carboxylic acids is 4. The lowest BCUT2D eigenvalue weighted by Crippen LogP contribution is -2.35. The van der Waals surface area contributed by atoms with Gasteiger partial charge in [-0.05, 0) is 68.2 Å². The molecule has 184 valence electrons. The summed E-state index contributed by atoms with van der Waals surface area (Å²) in [5, 5.41) is 5.28. The molecule has 0 heterocycles. The maximum absolute atomic E-state index is 11.3. The molecule has 10 heteroatoms. The van der Waals surface area contributed by atoms with E-state index in [1.54, 1.807) is 55.4 Å². The summed E-state index contributed by atoms with van der Waals surface area (Å²) in [6, 6.07) is -0.261. The maximum atomic E-state index is 11.3. The highest BCUT2D eigenvalue weighted by atomic mass is 16.6. The summed E-state index contributed by atoms with van der Waals surface area (Å²) >= 11 is 0. The molecule has 0 aromatic rings. The maximum Gasteiger partial charge on any atom is 0.407 e. The van der Waals surface area contributed by atoms with Crippen molar-refractivity contribution in [1.29, 1.82) is 0 Å². The summed E-state index contributed by atoms with van der Waals surface area (Å²) in [6.45, 7) is 15.0. The predicted octanol–water partition coefficient (Wildman–Crippen LogP) is 2.93. The largest absolute Gasteiger partial charge is 0.466 e. The SMILES string of the molecule is CCOC(=O)[C@@H]1C[C@H]1NC(=O)OC(C)(C)C.CCOC(=O)[C@H]1C[C@@H]1NC(=O)OC(C)(C)C. The average Bonchev–Trinajstić information content (AvgIpc) is 3.49. The van der Waals surface area contributed by atoms with Gasteiger partial charge in [-0.2, -0.15) is 0 Å². The summed E-state index contributed by atoms with van der Waals surface area (Å²) in [4.78, 5) is 45.2. The fourth-order valence-electron chi connectivity index (χ4n) is 2.65. The molecule has 2 fully saturated rings. The molecular formula is C22H38N2O8. The molecule has 0 radical (unpaired) electrons. The first kappa shape index (κ1) is 27.5. The Morgan fingerprint density at radius 2 is 1.00 bits per heavy atom. The van der Waals surface area contributed by atoms with Gasteiger partial charge in [0.25, 0.3) is 0 Å². The minimum Gasteiger partial charge on any atom is -0.466 e. The Kier molecular flexibility index (Phi) is 9.78. The van der Waals surface area contributed by atoms with E-state index in [0.717, 1.165) is 0 Å². The van der Waals surface area contributed by atoms with Crippen LogP contribution in [0.1, 0.15) is 68.2 Å². The highest BCUT2D eigenvalue weighted by molar-refractivity contribution is 5.79. The van der Waals surface area contributed by atoms with Gasteiger partial charge in [-0.3, -0.25) is 9.59 Å². The molecule has 10 nitrogen and oxygen atoms in total. The number of hydrogen-bond acceptors (Lipinski definition) is 8. The molecule has 0 saturated heterocycles. The van der Waals surface area contributed by atoms with Crippen molar-refractivity contribution >= 4 is 24.1 Å². The Balaban J connectivity index is 0.000000320. The van der Waals surface area contributed by atoms with Crippen molar-refractivity contribution in [2.45, 2.75) is 91.5 Å². The lowest BCUT2D eigenvalue weighted by molar-refractivity contribution is -0.145. The number of ether oxygens (including phenoxy) is 4. The lowest BCUT2D eigenvalue weighted by atomic mass is 10.2. The Morgan fingerprint density at radius 1 is 0.688 bits per heavy atom. The first-order valence-corrected chi connectivity index (χ1v) is 11.0. The zero-order valence-electron chi connectivity index (χ0n) is 20.4. The molecule has 0 spiro atoms. The predicted molar refractivity (Wildman–Crippen MR) is 116 cm³/mol. The number of amides is 2.